The fraction of sp³-hybridized carbons (Fsp3) is 0.500. The topological polar surface area (TPSA) is 50.3 Å². The monoisotopic (exact) mass is 384 g/mol. The van der Waals surface area contributed by atoms with Gasteiger partial charge in [-0.1, -0.05) is 24.6 Å². The zero-order valence-electron chi connectivity index (χ0n) is 15.8. The maximum absolute atomic E-state index is 13.2. The molecule has 27 heavy (non-hydrogen) atoms. The van der Waals surface area contributed by atoms with Gasteiger partial charge in [0.05, 0.1) is 9.64 Å². The van der Waals surface area contributed by atoms with Crippen LogP contribution in [-0.2, 0) is 9.84 Å². The van der Waals surface area contributed by atoms with Crippen molar-refractivity contribution in [1.29, 1.82) is 0 Å². The smallest absolute Gasteiger partial charge is 0.184 e. The number of benzene rings is 1. The Morgan fingerprint density at radius 1 is 1.07 bits per heavy atom. The van der Waals surface area contributed by atoms with Gasteiger partial charge in [0.15, 0.2) is 9.84 Å². The van der Waals surface area contributed by atoms with Crippen molar-refractivity contribution in [2.45, 2.75) is 54.1 Å². The summed E-state index contributed by atoms with van der Waals surface area (Å²) in [6.07, 6.45) is 9.29. The van der Waals surface area contributed by atoms with Gasteiger partial charge in [0.2, 0.25) is 0 Å². The lowest BCUT2D eigenvalue weighted by atomic mass is 9.81. The Kier molecular flexibility index (Phi) is 5.33. The first kappa shape index (κ1) is 18.6. The predicted molar refractivity (Wildman–Crippen MR) is 107 cm³/mol. The molecule has 0 radical (unpaired) electrons. The minimum Gasteiger partial charge on any atom is -0.303 e. The first-order valence-corrected chi connectivity index (χ1v) is 11.5. The Bertz CT molecular complexity index is 848. The summed E-state index contributed by atoms with van der Waals surface area (Å²) in [7, 11) is -3.24. The summed E-state index contributed by atoms with van der Waals surface area (Å²) in [5, 5.41) is 0. The van der Waals surface area contributed by atoms with Crippen molar-refractivity contribution in [3.8, 4) is 0 Å². The van der Waals surface area contributed by atoms with Crippen LogP contribution in [-0.4, -0.2) is 42.7 Å². The van der Waals surface area contributed by atoms with Gasteiger partial charge in [-0.15, -0.1) is 0 Å². The van der Waals surface area contributed by atoms with Crippen LogP contribution in [0, 0.1) is 0 Å². The van der Waals surface area contributed by atoms with E-state index in [0.717, 1.165) is 51.7 Å². The predicted octanol–water partition coefficient (Wildman–Crippen LogP) is 4.05. The van der Waals surface area contributed by atoms with E-state index in [2.05, 4.69) is 22.0 Å². The fourth-order valence-corrected chi connectivity index (χ4v) is 6.90. The van der Waals surface area contributed by atoms with Crippen molar-refractivity contribution in [2.75, 3.05) is 19.6 Å². The molecule has 1 aliphatic heterocycles. The number of aromatic nitrogens is 1. The molecule has 1 saturated heterocycles. The summed E-state index contributed by atoms with van der Waals surface area (Å²) in [6.45, 7) is 3.17. The van der Waals surface area contributed by atoms with E-state index in [1.807, 2.05) is 30.6 Å². The Hall–Kier alpha value is -1.72. The molecule has 144 valence electrons. The van der Waals surface area contributed by atoms with Crippen molar-refractivity contribution < 1.29 is 8.42 Å². The van der Waals surface area contributed by atoms with Crippen LogP contribution in [0.4, 0.5) is 0 Å². The van der Waals surface area contributed by atoms with Crippen LogP contribution in [0.2, 0.25) is 0 Å². The minimum atomic E-state index is -3.24. The maximum atomic E-state index is 13.2. The van der Waals surface area contributed by atoms with Crippen LogP contribution in [0.25, 0.3) is 0 Å². The number of pyridine rings is 1. The average molecular weight is 385 g/mol. The molecule has 4 rings (SSSR count). The van der Waals surface area contributed by atoms with E-state index >= 15 is 0 Å². The van der Waals surface area contributed by atoms with Gasteiger partial charge in [-0.05, 0) is 80.9 Å². The average Bonchev–Trinajstić information content (AvgIpc) is 3.14. The summed E-state index contributed by atoms with van der Waals surface area (Å²) in [5.74, 6) is 0.582. The van der Waals surface area contributed by atoms with Crippen LogP contribution in [0.15, 0.2) is 59.8 Å². The lowest BCUT2D eigenvalue weighted by Crippen LogP contribution is -2.45. The quantitative estimate of drug-likeness (QED) is 0.723. The second kappa shape index (κ2) is 7.72. The molecule has 1 saturated carbocycles. The highest BCUT2D eigenvalue weighted by Gasteiger charge is 2.48. The van der Waals surface area contributed by atoms with Crippen LogP contribution in [0.1, 0.15) is 50.0 Å². The van der Waals surface area contributed by atoms with Crippen LogP contribution < -0.4 is 0 Å². The summed E-state index contributed by atoms with van der Waals surface area (Å²) in [5.41, 5.74) is 1.37. The molecule has 0 amide bonds. The summed E-state index contributed by atoms with van der Waals surface area (Å²) in [4.78, 5) is 7.09. The van der Waals surface area contributed by atoms with E-state index in [1.54, 1.807) is 12.1 Å². The number of hydrogen-bond donors (Lipinski definition) is 0. The molecule has 1 unspecified atom stereocenters. The maximum Gasteiger partial charge on any atom is 0.184 e. The van der Waals surface area contributed by atoms with Crippen molar-refractivity contribution in [3.63, 3.8) is 0 Å². The van der Waals surface area contributed by atoms with Gasteiger partial charge < -0.3 is 4.90 Å². The summed E-state index contributed by atoms with van der Waals surface area (Å²) in [6, 6.07) is 13.2. The SMILES string of the molecule is O=S(=O)(c1ccccc1)C1(CCCN2CCC(c3ccncc3)C2)CCC1. The first-order chi connectivity index (χ1) is 13.1. The van der Waals surface area contributed by atoms with E-state index in [4.69, 9.17) is 0 Å². The molecule has 1 aliphatic carbocycles. The molecule has 0 spiro atoms. The largest absolute Gasteiger partial charge is 0.303 e. The number of sulfone groups is 1. The fourth-order valence-electron chi connectivity index (χ4n) is 4.64. The summed E-state index contributed by atoms with van der Waals surface area (Å²) < 4.78 is 25.8. The number of hydrogen-bond acceptors (Lipinski definition) is 4. The molecule has 5 heteroatoms. The Labute approximate surface area is 162 Å². The van der Waals surface area contributed by atoms with E-state index in [9.17, 15) is 8.42 Å². The van der Waals surface area contributed by atoms with E-state index in [1.165, 1.54) is 12.0 Å². The van der Waals surface area contributed by atoms with Crippen molar-refractivity contribution in [1.82, 2.24) is 9.88 Å². The van der Waals surface area contributed by atoms with Gasteiger partial charge in [-0.2, -0.15) is 0 Å². The molecule has 1 aromatic carbocycles. The van der Waals surface area contributed by atoms with Gasteiger partial charge in [-0.25, -0.2) is 8.42 Å². The van der Waals surface area contributed by atoms with E-state index in [-0.39, 0.29) is 0 Å². The molecule has 2 fully saturated rings. The lowest BCUT2D eigenvalue weighted by molar-refractivity contribution is 0.274. The highest BCUT2D eigenvalue weighted by Crippen LogP contribution is 2.46. The van der Waals surface area contributed by atoms with Gasteiger partial charge in [0.25, 0.3) is 0 Å². The third-order valence-electron chi connectivity index (χ3n) is 6.44. The van der Waals surface area contributed by atoms with Crippen molar-refractivity contribution >= 4 is 9.84 Å². The first-order valence-electron chi connectivity index (χ1n) is 10.0. The standard InChI is InChI=1S/C22H28N2O2S/c25-27(26,21-6-2-1-3-7-21)22(11-4-12-22)13-5-16-24-17-10-20(18-24)19-8-14-23-15-9-19/h1-3,6-9,14-15,20H,4-5,10-13,16-18H2. The molecule has 2 aromatic rings. The van der Waals surface area contributed by atoms with Crippen molar-refractivity contribution in [2.24, 2.45) is 0 Å². The van der Waals surface area contributed by atoms with Crippen molar-refractivity contribution in [3.05, 3.63) is 60.4 Å². The van der Waals surface area contributed by atoms with Gasteiger partial charge in [0.1, 0.15) is 0 Å². The van der Waals surface area contributed by atoms with E-state index < -0.39 is 14.6 Å². The number of rotatable bonds is 7. The van der Waals surface area contributed by atoms with Gasteiger partial charge >= 0.3 is 0 Å². The lowest BCUT2D eigenvalue weighted by Gasteiger charge is -2.41. The molecule has 4 nitrogen and oxygen atoms in total. The molecular formula is C22H28N2O2S. The van der Waals surface area contributed by atoms with Crippen LogP contribution >= 0.6 is 0 Å². The third kappa shape index (κ3) is 3.67. The van der Waals surface area contributed by atoms with Gasteiger partial charge in [-0.3, -0.25) is 4.98 Å². The zero-order chi connectivity index (χ0) is 18.7. The number of likely N-dealkylation sites (tertiary alicyclic amines) is 1. The van der Waals surface area contributed by atoms with E-state index in [0.29, 0.717) is 10.8 Å². The third-order valence-corrected chi connectivity index (χ3v) is 9.09. The highest BCUT2D eigenvalue weighted by atomic mass is 32.2. The molecule has 0 bridgehead atoms. The number of nitrogens with zero attached hydrogens (tertiary/aromatic N) is 2. The minimum absolute atomic E-state index is 0.489. The zero-order valence-corrected chi connectivity index (χ0v) is 16.6. The second-order valence-electron chi connectivity index (χ2n) is 8.02. The molecular weight excluding hydrogens is 356 g/mol. The normalized spacial score (nSPS) is 22.4. The Morgan fingerprint density at radius 3 is 2.48 bits per heavy atom. The molecule has 1 atom stereocenters. The Morgan fingerprint density at radius 2 is 1.81 bits per heavy atom. The molecule has 2 heterocycles. The van der Waals surface area contributed by atoms with Crippen LogP contribution in [0.5, 0.6) is 0 Å². The highest BCUT2D eigenvalue weighted by molar-refractivity contribution is 7.93. The molecule has 2 aliphatic rings. The Balaban J connectivity index is 1.34. The van der Waals surface area contributed by atoms with Crippen LogP contribution in [0.3, 0.4) is 0 Å². The molecule has 0 N–H and O–H groups in total. The summed E-state index contributed by atoms with van der Waals surface area (Å²) >= 11 is 0. The molecule has 1 aromatic heterocycles. The second-order valence-corrected chi connectivity index (χ2v) is 10.4. The van der Waals surface area contributed by atoms with Gasteiger partial charge in [0, 0.05) is 18.9 Å².